The maximum atomic E-state index is 10.1. The van der Waals surface area contributed by atoms with Crippen molar-refractivity contribution in [1.29, 1.82) is 0 Å². The van der Waals surface area contributed by atoms with Gasteiger partial charge in [-0.3, -0.25) is 9.58 Å². The maximum Gasteiger partial charge on any atom is 0.165 e. The number of hydrogen-bond donors (Lipinski definition) is 1. The summed E-state index contributed by atoms with van der Waals surface area (Å²) in [5, 5.41) is 14.5. The minimum absolute atomic E-state index is 0.204. The first-order valence-corrected chi connectivity index (χ1v) is 9.60. The predicted molar refractivity (Wildman–Crippen MR) is 109 cm³/mol. The molecule has 4 rings (SSSR count). The van der Waals surface area contributed by atoms with E-state index in [4.69, 9.17) is 4.98 Å². The first kappa shape index (κ1) is 18.4. The van der Waals surface area contributed by atoms with Gasteiger partial charge in [0.15, 0.2) is 5.82 Å². The quantitative estimate of drug-likeness (QED) is 0.752. The van der Waals surface area contributed by atoms with E-state index in [1.54, 1.807) is 12.1 Å². The predicted octanol–water partition coefficient (Wildman–Crippen LogP) is 2.52. The number of phenols is 1. The highest BCUT2D eigenvalue weighted by Crippen LogP contribution is 2.28. The molecule has 1 fully saturated rings. The summed E-state index contributed by atoms with van der Waals surface area (Å²) in [5.41, 5.74) is 4.08. The molecular weight excluding hydrogens is 352 g/mol. The number of phenolic OH excluding ortho intramolecular Hbond substituents is 1. The molecule has 3 heterocycles. The fraction of sp³-hybridized carbons (Fsp3) is 0.381. The van der Waals surface area contributed by atoms with E-state index in [-0.39, 0.29) is 5.75 Å². The highest BCUT2D eigenvalue weighted by Gasteiger charge is 2.21. The van der Waals surface area contributed by atoms with Crippen molar-refractivity contribution in [3.05, 3.63) is 53.5 Å². The smallest absolute Gasteiger partial charge is 0.165 e. The Morgan fingerprint density at radius 3 is 2.46 bits per heavy atom. The normalized spacial score (nSPS) is 15.2. The number of para-hydroxylation sites is 1. The molecule has 0 bridgehead atoms. The van der Waals surface area contributed by atoms with Crippen LogP contribution in [0.3, 0.4) is 0 Å². The third-order valence-electron chi connectivity index (χ3n) is 5.41. The Morgan fingerprint density at radius 2 is 1.79 bits per heavy atom. The van der Waals surface area contributed by atoms with Crippen molar-refractivity contribution < 1.29 is 5.11 Å². The largest absolute Gasteiger partial charge is 0.507 e. The average Bonchev–Trinajstić information content (AvgIpc) is 3.00. The molecule has 0 unspecified atom stereocenters. The van der Waals surface area contributed by atoms with Crippen LogP contribution in [0.4, 0.5) is 5.82 Å². The van der Waals surface area contributed by atoms with E-state index < -0.39 is 0 Å². The van der Waals surface area contributed by atoms with Gasteiger partial charge in [0.25, 0.3) is 0 Å². The zero-order valence-electron chi connectivity index (χ0n) is 16.6. The summed E-state index contributed by atoms with van der Waals surface area (Å²) in [6.07, 6.45) is 1.97. The van der Waals surface area contributed by atoms with E-state index in [0.29, 0.717) is 11.4 Å². The lowest BCUT2D eigenvalue weighted by atomic mass is 10.2. The van der Waals surface area contributed by atoms with E-state index in [1.165, 1.54) is 11.3 Å². The molecule has 3 aromatic rings. The van der Waals surface area contributed by atoms with E-state index in [1.807, 2.05) is 43.0 Å². The van der Waals surface area contributed by atoms with Crippen molar-refractivity contribution in [2.45, 2.75) is 20.4 Å². The van der Waals surface area contributed by atoms with Gasteiger partial charge in [-0.2, -0.15) is 5.10 Å². The van der Waals surface area contributed by atoms with Gasteiger partial charge in [-0.15, -0.1) is 0 Å². The molecule has 0 radical (unpaired) electrons. The van der Waals surface area contributed by atoms with E-state index >= 15 is 0 Å². The lowest BCUT2D eigenvalue weighted by Gasteiger charge is -2.35. The Bertz CT molecular complexity index is 975. The zero-order chi connectivity index (χ0) is 19.7. The molecule has 2 aromatic heterocycles. The molecule has 0 amide bonds. The molecule has 1 saturated heterocycles. The number of piperazine rings is 1. The Hall–Kier alpha value is -2.93. The SMILES string of the molecule is Cc1cc(N2CCN(Cc3cnn(C)c3C)CC2)nc(-c2ccccc2O)n1. The number of nitrogens with zero attached hydrogens (tertiary/aromatic N) is 6. The van der Waals surface area contributed by atoms with Crippen LogP contribution >= 0.6 is 0 Å². The molecule has 1 aliphatic heterocycles. The van der Waals surface area contributed by atoms with Gasteiger partial charge in [0.1, 0.15) is 11.6 Å². The molecule has 0 aliphatic carbocycles. The van der Waals surface area contributed by atoms with Crippen molar-refractivity contribution in [2.75, 3.05) is 31.1 Å². The fourth-order valence-corrected chi connectivity index (χ4v) is 3.57. The Balaban J connectivity index is 1.47. The van der Waals surface area contributed by atoms with Crippen LogP contribution in [0.5, 0.6) is 5.75 Å². The second-order valence-electron chi connectivity index (χ2n) is 7.35. The summed E-state index contributed by atoms with van der Waals surface area (Å²) in [6, 6.07) is 9.23. The number of benzene rings is 1. The summed E-state index contributed by atoms with van der Waals surface area (Å²) in [4.78, 5) is 14.0. The Morgan fingerprint density at radius 1 is 1.04 bits per heavy atom. The van der Waals surface area contributed by atoms with Gasteiger partial charge in [0.2, 0.25) is 0 Å². The Labute approximate surface area is 165 Å². The molecule has 0 saturated carbocycles. The number of hydrogen-bond acceptors (Lipinski definition) is 6. The third kappa shape index (κ3) is 3.71. The monoisotopic (exact) mass is 378 g/mol. The zero-order valence-corrected chi connectivity index (χ0v) is 16.6. The summed E-state index contributed by atoms with van der Waals surface area (Å²) < 4.78 is 1.93. The summed E-state index contributed by atoms with van der Waals surface area (Å²) >= 11 is 0. The highest BCUT2D eigenvalue weighted by molar-refractivity contribution is 5.65. The minimum atomic E-state index is 0.204. The molecule has 1 aliphatic rings. The Kier molecular flexibility index (Phi) is 5.00. The number of aryl methyl sites for hydroxylation is 2. The van der Waals surface area contributed by atoms with Crippen molar-refractivity contribution in [2.24, 2.45) is 7.05 Å². The summed E-state index contributed by atoms with van der Waals surface area (Å²) in [5.74, 6) is 1.69. The number of aromatic hydroxyl groups is 1. The molecule has 28 heavy (non-hydrogen) atoms. The molecule has 1 N–H and O–H groups in total. The first-order chi connectivity index (χ1) is 13.5. The van der Waals surface area contributed by atoms with Crippen LogP contribution in [0.15, 0.2) is 36.5 Å². The highest BCUT2D eigenvalue weighted by atomic mass is 16.3. The number of rotatable bonds is 4. The van der Waals surface area contributed by atoms with E-state index in [0.717, 1.165) is 44.2 Å². The molecular formula is C21H26N6O. The second-order valence-corrected chi connectivity index (χ2v) is 7.35. The van der Waals surface area contributed by atoms with Crippen LogP contribution in [-0.4, -0.2) is 55.9 Å². The number of anilines is 1. The van der Waals surface area contributed by atoms with Crippen molar-refractivity contribution >= 4 is 5.82 Å². The third-order valence-corrected chi connectivity index (χ3v) is 5.41. The van der Waals surface area contributed by atoms with Gasteiger partial charge in [0.05, 0.1) is 11.8 Å². The lowest BCUT2D eigenvalue weighted by Crippen LogP contribution is -2.46. The first-order valence-electron chi connectivity index (χ1n) is 9.60. The van der Waals surface area contributed by atoms with E-state index in [2.05, 4.69) is 26.8 Å². The van der Waals surface area contributed by atoms with Crippen LogP contribution < -0.4 is 4.90 Å². The van der Waals surface area contributed by atoms with E-state index in [9.17, 15) is 5.11 Å². The van der Waals surface area contributed by atoms with Crippen LogP contribution in [0, 0.1) is 13.8 Å². The second kappa shape index (κ2) is 7.59. The lowest BCUT2D eigenvalue weighted by molar-refractivity contribution is 0.249. The fourth-order valence-electron chi connectivity index (χ4n) is 3.57. The van der Waals surface area contributed by atoms with Crippen LogP contribution in [-0.2, 0) is 13.6 Å². The molecule has 1 aromatic carbocycles. The van der Waals surface area contributed by atoms with Crippen molar-refractivity contribution in [3.63, 3.8) is 0 Å². The van der Waals surface area contributed by atoms with Gasteiger partial charge >= 0.3 is 0 Å². The van der Waals surface area contributed by atoms with Crippen molar-refractivity contribution in [3.8, 4) is 17.1 Å². The van der Waals surface area contributed by atoms with Gasteiger partial charge in [-0.05, 0) is 26.0 Å². The molecule has 146 valence electrons. The van der Waals surface area contributed by atoms with Crippen LogP contribution in [0.2, 0.25) is 0 Å². The van der Waals surface area contributed by atoms with Gasteiger partial charge in [-0.25, -0.2) is 9.97 Å². The maximum absolute atomic E-state index is 10.1. The average molecular weight is 378 g/mol. The van der Waals surface area contributed by atoms with Gasteiger partial charge in [-0.1, -0.05) is 12.1 Å². The topological polar surface area (TPSA) is 70.3 Å². The summed E-state index contributed by atoms with van der Waals surface area (Å²) in [6.45, 7) is 8.79. The van der Waals surface area contributed by atoms with Gasteiger partial charge in [0, 0.05) is 62.8 Å². The van der Waals surface area contributed by atoms with Crippen LogP contribution in [0.1, 0.15) is 17.0 Å². The minimum Gasteiger partial charge on any atom is -0.507 e. The van der Waals surface area contributed by atoms with Crippen LogP contribution in [0.25, 0.3) is 11.4 Å². The standard InChI is InChI=1S/C21H26N6O/c1-15-12-20(24-21(23-15)18-6-4-5-7-19(18)28)27-10-8-26(9-11-27)14-17-13-22-25(3)16(17)2/h4-7,12-13,28H,8-11,14H2,1-3H3. The van der Waals surface area contributed by atoms with Gasteiger partial charge < -0.3 is 10.0 Å². The number of aromatic nitrogens is 4. The molecule has 7 heteroatoms. The summed E-state index contributed by atoms with van der Waals surface area (Å²) in [7, 11) is 1.98. The molecule has 0 atom stereocenters. The molecule has 0 spiro atoms. The molecule has 7 nitrogen and oxygen atoms in total. The van der Waals surface area contributed by atoms with Crippen molar-refractivity contribution in [1.82, 2.24) is 24.6 Å².